The van der Waals surface area contributed by atoms with Crippen LogP contribution >= 0.6 is 7.60 Å². The number of hydrogen-bond acceptors (Lipinski definition) is 7. The van der Waals surface area contributed by atoms with Gasteiger partial charge in [0.15, 0.2) is 6.79 Å². The highest BCUT2D eigenvalue weighted by Crippen LogP contribution is 2.52. The average molecular weight is 346 g/mol. The van der Waals surface area contributed by atoms with E-state index in [2.05, 4.69) is 4.74 Å². The lowest BCUT2D eigenvalue weighted by molar-refractivity contribution is 0.0497. The molecule has 0 N–H and O–H groups in total. The molecule has 0 amide bonds. The Hall–Kier alpha value is -1.40. The van der Waals surface area contributed by atoms with E-state index >= 15 is 0 Å². The molecule has 130 valence electrons. The zero-order chi connectivity index (χ0) is 17.3. The van der Waals surface area contributed by atoms with Gasteiger partial charge in [-0.2, -0.15) is 0 Å². The van der Waals surface area contributed by atoms with Gasteiger partial charge >= 0.3 is 13.6 Å². The molecule has 0 aromatic heterocycles. The summed E-state index contributed by atoms with van der Waals surface area (Å²) in [7, 11) is -0.506. The van der Waals surface area contributed by atoms with E-state index in [4.69, 9.17) is 18.5 Å². The van der Waals surface area contributed by atoms with Gasteiger partial charge in [0.05, 0.1) is 32.0 Å². The Morgan fingerprint density at radius 3 is 2.30 bits per heavy atom. The van der Waals surface area contributed by atoms with Gasteiger partial charge in [0.1, 0.15) is 5.75 Å². The first kappa shape index (κ1) is 19.6. The molecule has 1 aromatic carbocycles. The second kappa shape index (κ2) is 9.67. The minimum Gasteiger partial charge on any atom is -0.467 e. The Labute approximate surface area is 136 Å². The Balaban J connectivity index is 3.12. The molecule has 0 bridgehead atoms. The molecule has 1 aromatic rings. The Morgan fingerprint density at radius 2 is 1.78 bits per heavy atom. The molecule has 8 heteroatoms. The molecule has 0 atom stereocenters. The lowest BCUT2D eigenvalue weighted by Gasteiger charge is -2.19. The van der Waals surface area contributed by atoms with Crippen LogP contribution < -0.4 is 4.74 Å². The highest BCUT2D eigenvalue weighted by Gasteiger charge is 2.26. The van der Waals surface area contributed by atoms with E-state index in [0.29, 0.717) is 16.9 Å². The van der Waals surface area contributed by atoms with Crippen molar-refractivity contribution < 1.29 is 32.6 Å². The van der Waals surface area contributed by atoms with Gasteiger partial charge in [-0.1, -0.05) is 6.07 Å². The van der Waals surface area contributed by atoms with Crippen LogP contribution in [0.5, 0.6) is 5.75 Å². The maximum absolute atomic E-state index is 12.7. The van der Waals surface area contributed by atoms with Gasteiger partial charge < -0.3 is 23.3 Å². The van der Waals surface area contributed by atoms with Gasteiger partial charge in [-0.25, -0.2) is 4.79 Å². The van der Waals surface area contributed by atoms with Gasteiger partial charge in [0.2, 0.25) is 0 Å². The topological polar surface area (TPSA) is 80.3 Å². The summed E-state index contributed by atoms with van der Waals surface area (Å²) in [5.74, 6) is -0.119. The van der Waals surface area contributed by atoms with Crippen LogP contribution in [0.2, 0.25) is 0 Å². The van der Waals surface area contributed by atoms with Crippen molar-refractivity contribution in [1.29, 1.82) is 0 Å². The maximum Gasteiger partial charge on any atom is 0.337 e. The number of hydrogen-bond donors (Lipinski definition) is 0. The second-order valence-corrected chi connectivity index (χ2v) is 6.52. The second-order valence-electron chi connectivity index (χ2n) is 4.47. The van der Waals surface area contributed by atoms with Crippen molar-refractivity contribution in [1.82, 2.24) is 0 Å². The lowest BCUT2D eigenvalue weighted by Crippen LogP contribution is -2.07. The van der Waals surface area contributed by atoms with E-state index in [-0.39, 0.29) is 26.2 Å². The fourth-order valence-electron chi connectivity index (χ4n) is 1.92. The third-order valence-corrected chi connectivity index (χ3v) is 4.87. The molecular formula is C15H23O7P. The van der Waals surface area contributed by atoms with Crippen molar-refractivity contribution in [3.05, 3.63) is 29.3 Å². The molecule has 0 heterocycles. The first-order chi connectivity index (χ1) is 11.0. The third-order valence-electron chi connectivity index (χ3n) is 2.84. The quantitative estimate of drug-likeness (QED) is 0.365. The number of ether oxygens (including phenoxy) is 3. The summed E-state index contributed by atoms with van der Waals surface area (Å²) in [6.45, 7) is 4.02. The third kappa shape index (κ3) is 5.95. The molecule has 0 saturated carbocycles. The monoisotopic (exact) mass is 346 g/mol. The van der Waals surface area contributed by atoms with E-state index in [1.54, 1.807) is 26.0 Å². The highest BCUT2D eigenvalue weighted by atomic mass is 31.2. The van der Waals surface area contributed by atoms with Gasteiger partial charge in [0.25, 0.3) is 0 Å². The molecule has 23 heavy (non-hydrogen) atoms. The van der Waals surface area contributed by atoms with Crippen LogP contribution in [0.25, 0.3) is 0 Å². The van der Waals surface area contributed by atoms with Crippen LogP contribution in [0.1, 0.15) is 29.8 Å². The minimum atomic E-state index is -3.28. The van der Waals surface area contributed by atoms with Gasteiger partial charge in [0, 0.05) is 12.7 Å². The molecule has 1 rings (SSSR count). The zero-order valence-corrected chi connectivity index (χ0v) is 14.8. The van der Waals surface area contributed by atoms with Crippen molar-refractivity contribution in [3.63, 3.8) is 0 Å². The Bertz CT molecular complexity index is 549. The SMILES string of the molecule is CCOP(=O)(Cc1ccc(C(=O)OC)cc1OCOC)OCC. The van der Waals surface area contributed by atoms with E-state index in [1.165, 1.54) is 20.3 Å². The fourth-order valence-corrected chi connectivity index (χ4v) is 3.64. The summed E-state index contributed by atoms with van der Waals surface area (Å²) in [5, 5.41) is 0. The molecule has 0 radical (unpaired) electrons. The molecule has 0 spiro atoms. The predicted octanol–water partition coefficient (Wildman–Crippen LogP) is 3.22. The summed E-state index contributed by atoms with van der Waals surface area (Å²) in [4.78, 5) is 11.6. The van der Waals surface area contributed by atoms with Gasteiger partial charge in [-0.15, -0.1) is 0 Å². The molecule has 7 nitrogen and oxygen atoms in total. The number of rotatable bonds is 10. The molecule has 0 unspecified atom stereocenters. The lowest BCUT2D eigenvalue weighted by atomic mass is 10.1. The van der Waals surface area contributed by atoms with Crippen LogP contribution in [0.3, 0.4) is 0 Å². The zero-order valence-electron chi connectivity index (χ0n) is 13.9. The van der Waals surface area contributed by atoms with E-state index in [0.717, 1.165) is 0 Å². The summed E-state index contributed by atoms with van der Waals surface area (Å²) >= 11 is 0. The summed E-state index contributed by atoms with van der Waals surface area (Å²) in [5.41, 5.74) is 0.921. The van der Waals surface area contributed by atoms with E-state index in [9.17, 15) is 9.36 Å². The normalized spacial score (nSPS) is 11.3. The smallest absolute Gasteiger partial charge is 0.337 e. The first-order valence-electron chi connectivity index (χ1n) is 7.20. The van der Waals surface area contributed by atoms with Crippen molar-refractivity contribution in [2.75, 3.05) is 34.2 Å². The van der Waals surface area contributed by atoms with Gasteiger partial charge in [-0.05, 0) is 26.0 Å². The van der Waals surface area contributed by atoms with Crippen molar-refractivity contribution in [2.45, 2.75) is 20.0 Å². The van der Waals surface area contributed by atoms with Gasteiger partial charge in [-0.3, -0.25) is 4.57 Å². The Kier molecular flexibility index (Phi) is 8.26. The molecule has 0 aliphatic rings. The van der Waals surface area contributed by atoms with E-state index < -0.39 is 13.6 Å². The predicted molar refractivity (Wildman–Crippen MR) is 84.8 cm³/mol. The van der Waals surface area contributed by atoms with Crippen molar-refractivity contribution in [3.8, 4) is 5.75 Å². The number of esters is 1. The number of carbonyl (C=O) groups is 1. The van der Waals surface area contributed by atoms with Crippen LogP contribution in [0, 0.1) is 0 Å². The van der Waals surface area contributed by atoms with Crippen LogP contribution in [0.15, 0.2) is 18.2 Å². The summed E-state index contributed by atoms with van der Waals surface area (Å²) < 4.78 is 38.3. The Morgan fingerprint density at radius 1 is 1.13 bits per heavy atom. The largest absolute Gasteiger partial charge is 0.467 e. The molecule has 0 aliphatic carbocycles. The number of carbonyl (C=O) groups excluding carboxylic acids is 1. The van der Waals surface area contributed by atoms with Crippen LogP contribution in [-0.2, 0) is 29.2 Å². The first-order valence-corrected chi connectivity index (χ1v) is 8.93. The van der Waals surface area contributed by atoms with Crippen molar-refractivity contribution in [2.24, 2.45) is 0 Å². The van der Waals surface area contributed by atoms with Crippen LogP contribution in [0.4, 0.5) is 0 Å². The fraction of sp³-hybridized carbons (Fsp3) is 0.533. The van der Waals surface area contributed by atoms with Crippen LogP contribution in [-0.4, -0.2) is 40.2 Å². The van der Waals surface area contributed by atoms with Crippen molar-refractivity contribution >= 4 is 13.6 Å². The summed E-state index contributed by atoms with van der Waals surface area (Å²) in [6.07, 6.45) is 0.0369. The number of benzene rings is 1. The maximum atomic E-state index is 12.7. The molecular weight excluding hydrogens is 323 g/mol. The average Bonchev–Trinajstić information content (AvgIpc) is 2.53. The van der Waals surface area contributed by atoms with E-state index in [1.807, 2.05) is 0 Å². The summed E-state index contributed by atoms with van der Waals surface area (Å²) in [6, 6.07) is 4.73. The highest BCUT2D eigenvalue weighted by molar-refractivity contribution is 7.53. The molecule has 0 fully saturated rings. The number of methoxy groups -OCH3 is 2. The standard InChI is InChI=1S/C15H23O7P/c1-5-21-23(17,22-6-2)10-13-8-7-12(15(16)19-4)9-14(13)20-11-18-3/h7-9H,5-6,10-11H2,1-4H3. The molecule has 0 aliphatic heterocycles. The molecule has 0 saturated heterocycles. The minimum absolute atomic E-state index is 0.00873.